The van der Waals surface area contributed by atoms with Crippen molar-refractivity contribution in [2.45, 2.75) is 180 Å². The number of carbonyl (C=O) groups excluding carboxylic acids is 2. The molecule has 38 heavy (non-hydrogen) atoms. The summed E-state index contributed by atoms with van der Waals surface area (Å²) in [5.41, 5.74) is 5.99. The van der Waals surface area contributed by atoms with Crippen molar-refractivity contribution < 1.29 is 28.5 Å². The summed E-state index contributed by atoms with van der Waals surface area (Å²) in [5.74, 6) is -0.865. The summed E-state index contributed by atoms with van der Waals surface area (Å²) in [4.78, 5) is 43.8. The smallest absolute Gasteiger partial charge is 0.319 e. The van der Waals surface area contributed by atoms with E-state index in [0.29, 0.717) is 12.8 Å². The molecule has 0 aromatic carbocycles. The number of unbranched alkanes of at least 4 members (excludes halogenated alkanes) is 20. The maximum absolute atomic E-state index is 12.7. The molecule has 8 heteroatoms. The first-order valence-corrected chi connectivity index (χ1v) is 17.3. The van der Waals surface area contributed by atoms with Crippen molar-refractivity contribution in [2.24, 2.45) is 5.73 Å². The average Bonchev–Trinajstić information content (AvgIpc) is 2.87. The number of nitrogens with two attached hydrogens (primary N) is 1. The summed E-state index contributed by atoms with van der Waals surface area (Å²) in [6.07, 6.45) is 24.1. The number of hydrogen-bond donors (Lipinski definition) is 3. The summed E-state index contributed by atoms with van der Waals surface area (Å²) in [6, 6.07) is -1.34. The molecule has 7 nitrogen and oxygen atoms in total. The highest BCUT2D eigenvalue weighted by Gasteiger charge is 2.36. The highest BCUT2D eigenvalue weighted by atomic mass is 31.2. The Labute approximate surface area is 233 Å². The molecular formula is C30H60NO6P. The molecule has 0 aliphatic carbocycles. The van der Waals surface area contributed by atoms with Gasteiger partial charge in [-0.05, 0) is 12.8 Å². The molecule has 0 aromatic heterocycles. The Kier molecular flexibility index (Phi) is 25.0. The van der Waals surface area contributed by atoms with Crippen LogP contribution in [0.5, 0.6) is 0 Å². The second-order valence-electron chi connectivity index (χ2n) is 11.0. The normalized spacial score (nSPS) is 13.5. The van der Waals surface area contributed by atoms with Crippen LogP contribution in [0.15, 0.2) is 0 Å². The molecule has 4 N–H and O–H groups in total. The molecule has 0 aliphatic rings. The van der Waals surface area contributed by atoms with Crippen LogP contribution in [0.2, 0.25) is 0 Å². The van der Waals surface area contributed by atoms with Crippen molar-refractivity contribution in [1.29, 1.82) is 0 Å². The maximum atomic E-state index is 12.7. The minimum atomic E-state index is -4.95. The van der Waals surface area contributed by atoms with Gasteiger partial charge in [0.2, 0.25) is 0 Å². The van der Waals surface area contributed by atoms with Crippen molar-refractivity contribution in [3.8, 4) is 0 Å². The second kappa shape index (κ2) is 25.4. The maximum Gasteiger partial charge on any atom is 0.470 e. The van der Waals surface area contributed by atoms with Gasteiger partial charge in [0.05, 0.1) is 6.04 Å². The zero-order valence-corrected chi connectivity index (χ0v) is 25.6. The Morgan fingerprint density at radius 2 is 0.868 bits per heavy atom. The van der Waals surface area contributed by atoms with Crippen molar-refractivity contribution in [1.82, 2.24) is 0 Å². The van der Waals surface area contributed by atoms with E-state index in [1.807, 2.05) is 0 Å². The quantitative estimate of drug-likeness (QED) is 0.0618. The molecule has 226 valence electrons. The zero-order valence-electron chi connectivity index (χ0n) is 24.7. The molecule has 0 amide bonds. The highest BCUT2D eigenvalue weighted by Crippen LogP contribution is 2.38. The molecule has 0 spiro atoms. The monoisotopic (exact) mass is 561 g/mol. The second-order valence-corrected chi connectivity index (χ2v) is 12.2. The van der Waals surface area contributed by atoms with Gasteiger partial charge >= 0.3 is 7.82 Å². The minimum absolute atomic E-state index is 0.112. The molecule has 0 saturated carbocycles. The molecule has 0 heterocycles. The van der Waals surface area contributed by atoms with Gasteiger partial charge in [0.15, 0.2) is 11.6 Å². The van der Waals surface area contributed by atoms with E-state index in [2.05, 4.69) is 13.8 Å². The van der Waals surface area contributed by atoms with Crippen LogP contribution in [0.25, 0.3) is 0 Å². The fourth-order valence-electron chi connectivity index (χ4n) is 4.88. The number of Topliss-reactive ketones (excluding diaryl/α,β-unsaturated/α-hetero) is 2. The van der Waals surface area contributed by atoms with E-state index in [1.54, 1.807) is 0 Å². The summed E-state index contributed by atoms with van der Waals surface area (Å²) >= 11 is 0. The van der Waals surface area contributed by atoms with E-state index in [0.717, 1.165) is 38.5 Å². The van der Waals surface area contributed by atoms with E-state index in [1.165, 1.54) is 89.9 Å². The van der Waals surface area contributed by atoms with Crippen LogP contribution in [-0.4, -0.2) is 33.5 Å². The first-order chi connectivity index (χ1) is 18.2. The first-order valence-electron chi connectivity index (χ1n) is 15.8. The van der Waals surface area contributed by atoms with Gasteiger partial charge in [-0.25, -0.2) is 4.57 Å². The van der Waals surface area contributed by atoms with E-state index in [-0.39, 0.29) is 18.6 Å². The number of ketones is 2. The van der Waals surface area contributed by atoms with E-state index in [9.17, 15) is 23.9 Å². The van der Waals surface area contributed by atoms with Gasteiger partial charge in [0, 0.05) is 12.8 Å². The predicted octanol–water partition coefficient (Wildman–Crippen LogP) is 8.33. The third-order valence-corrected chi connectivity index (χ3v) is 7.82. The van der Waals surface area contributed by atoms with Gasteiger partial charge in [-0.2, -0.15) is 0 Å². The number of carbonyl (C=O) groups is 2. The Hall–Kier alpha value is -0.590. The molecule has 2 unspecified atom stereocenters. The van der Waals surface area contributed by atoms with Gasteiger partial charge < -0.3 is 15.5 Å². The third kappa shape index (κ3) is 23.3. The number of rotatable bonds is 29. The summed E-state index contributed by atoms with van der Waals surface area (Å²) in [6.45, 7) is 4.44. The van der Waals surface area contributed by atoms with E-state index < -0.39 is 25.8 Å². The molecule has 0 radical (unpaired) electrons. The topological polar surface area (TPSA) is 127 Å². The lowest BCUT2D eigenvalue weighted by molar-refractivity contribution is -0.133. The van der Waals surface area contributed by atoms with E-state index in [4.69, 9.17) is 10.3 Å². The van der Waals surface area contributed by atoms with Crippen LogP contribution >= 0.6 is 7.82 Å². The molecule has 0 aliphatic heterocycles. The number of hydrogen-bond acceptors (Lipinski definition) is 5. The van der Waals surface area contributed by atoms with Gasteiger partial charge in [-0.1, -0.05) is 142 Å². The highest BCUT2D eigenvalue weighted by molar-refractivity contribution is 7.46. The Morgan fingerprint density at radius 3 is 1.18 bits per heavy atom. The fourth-order valence-corrected chi connectivity index (χ4v) is 5.42. The van der Waals surface area contributed by atoms with Crippen LogP contribution in [-0.2, 0) is 18.7 Å². The van der Waals surface area contributed by atoms with Crippen molar-refractivity contribution in [3.05, 3.63) is 0 Å². The molecule has 0 rings (SSSR count). The van der Waals surface area contributed by atoms with Crippen molar-refractivity contribution in [3.63, 3.8) is 0 Å². The Morgan fingerprint density at radius 1 is 0.579 bits per heavy atom. The lowest BCUT2D eigenvalue weighted by atomic mass is 9.96. The first kappa shape index (κ1) is 37.4. The van der Waals surface area contributed by atoms with Crippen molar-refractivity contribution in [2.75, 3.05) is 0 Å². The fraction of sp³-hybridized carbons (Fsp3) is 0.933. The van der Waals surface area contributed by atoms with Crippen molar-refractivity contribution >= 4 is 19.4 Å². The lowest BCUT2D eigenvalue weighted by Gasteiger charge is -2.22. The van der Waals surface area contributed by atoms with Gasteiger partial charge in [-0.15, -0.1) is 0 Å². The molecule has 2 atom stereocenters. The molecule has 0 fully saturated rings. The predicted molar refractivity (Wildman–Crippen MR) is 157 cm³/mol. The Balaban J connectivity index is 4.17. The zero-order chi connectivity index (χ0) is 28.5. The summed E-state index contributed by atoms with van der Waals surface area (Å²) < 4.78 is 16.2. The SMILES string of the molecule is CCCCCCCCCCCCCC(=O)C(N)C(OP(=O)(O)O)C(=O)CCCCCCCCCCCCC. The van der Waals surface area contributed by atoms with Crippen LogP contribution in [0.4, 0.5) is 0 Å². The van der Waals surface area contributed by atoms with Gasteiger partial charge in [0.25, 0.3) is 0 Å². The van der Waals surface area contributed by atoms with Crippen LogP contribution in [0, 0.1) is 0 Å². The molecular weight excluding hydrogens is 501 g/mol. The Bertz CT molecular complexity index is 624. The standard InChI is InChI=1S/C30H60NO6P/c1-3-5-7-9-11-13-15-17-19-21-23-25-27(32)29(31)30(37-38(34,35)36)28(33)26-24-22-20-18-16-14-12-10-8-6-4-2/h29-30H,3-26,31H2,1-2H3,(H2,34,35,36). The number of phosphoric ester groups is 1. The molecule has 0 aromatic rings. The van der Waals surface area contributed by atoms with Gasteiger partial charge in [-0.3, -0.25) is 14.1 Å². The van der Waals surface area contributed by atoms with E-state index >= 15 is 0 Å². The number of phosphoric acid groups is 1. The average molecular weight is 562 g/mol. The van der Waals surface area contributed by atoms with Crippen LogP contribution < -0.4 is 5.73 Å². The summed E-state index contributed by atoms with van der Waals surface area (Å²) in [7, 11) is -4.95. The van der Waals surface area contributed by atoms with Gasteiger partial charge in [0.1, 0.15) is 6.10 Å². The summed E-state index contributed by atoms with van der Waals surface area (Å²) in [5, 5.41) is 0. The minimum Gasteiger partial charge on any atom is -0.319 e. The van der Waals surface area contributed by atoms with Crippen LogP contribution in [0.1, 0.15) is 168 Å². The largest absolute Gasteiger partial charge is 0.470 e. The lowest BCUT2D eigenvalue weighted by Crippen LogP contribution is -2.47. The molecule has 0 bridgehead atoms. The molecule has 0 saturated heterocycles. The van der Waals surface area contributed by atoms with Crippen LogP contribution in [0.3, 0.4) is 0 Å². The third-order valence-electron chi connectivity index (χ3n) is 7.32.